The quantitative estimate of drug-likeness (QED) is 0.836. The first-order valence-corrected chi connectivity index (χ1v) is 8.01. The second kappa shape index (κ2) is 7.34. The fourth-order valence-corrected chi connectivity index (χ4v) is 2.61. The average Bonchev–Trinajstić information content (AvgIpc) is 2.56. The van der Waals surface area contributed by atoms with Gasteiger partial charge >= 0.3 is 0 Å². The number of fused-ring (bicyclic) bond motifs is 1. The van der Waals surface area contributed by atoms with Crippen LogP contribution in [0.5, 0.6) is 11.5 Å². The molecule has 0 amide bonds. The SMILES string of the molecule is Cc1ccc(C=CCN(C)Cc2ccc3c(c2)OCCO3)cc1. The second-order valence-corrected chi connectivity index (χ2v) is 5.99. The predicted molar refractivity (Wildman–Crippen MR) is 94.0 cm³/mol. The first-order valence-electron chi connectivity index (χ1n) is 8.01. The normalized spacial score (nSPS) is 13.7. The van der Waals surface area contributed by atoms with E-state index in [-0.39, 0.29) is 0 Å². The average molecular weight is 309 g/mol. The Morgan fingerprint density at radius 2 is 1.74 bits per heavy atom. The summed E-state index contributed by atoms with van der Waals surface area (Å²) in [6.45, 7) is 5.16. The van der Waals surface area contributed by atoms with Gasteiger partial charge in [0.15, 0.2) is 11.5 Å². The minimum atomic E-state index is 0.631. The zero-order valence-electron chi connectivity index (χ0n) is 13.8. The molecule has 2 aromatic carbocycles. The third kappa shape index (κ3) is 4.36. The van der Waals surface area contributed by atoms with E-state index in [1.54, 1.807) is 0 Å². The maximum atomic E-state index is 5.64. The Morgan fingerprint density at radius 1 is 1.00 bits per heavy atom. The lowest BCUT2D eigenvalue weighted by Gasteiger charge is -2.20. The van der Waals surface area contributed by atoms with Crippen LogP contribution in [0.25, 0.3) is 6.08 Å². The number of rotatable bonds is 5. The summed E-state index contributed by atoms with van der Waals surface area (Å²) < 4.78 is 11.2. The van der Waals surface area contributed by atoms with Crippen molar-refractivity contribution >= 4 is 6.08 Å². The minimum Gasteiger partial charge on any atom is -0.486 e. The van der Waals surface area contributed by atoms with Crippen LogP contribution >= 0.6 is 0 Å². The molecule has 0 saturated heterocycles. The number of nitrogens with zero attached hydrogens (tertiary/aromatic N) is 1. The van der Waals surface area contributed by atoms with Gasteiger partial charge in [0, 0.05) is 13.1 Å². The van der Waals surface area contributed by atoms with E-state index < -0.39 is 0 Å². The summed E-state index contributed by atoms with van der Waals surface area (Å²) in [5.41, 5.74) is 3.77. The summed E-state index contributed by atoms with van der Waals surface area (Å²) in [4.78, 5) is 2.27. The topological polar surface area (TPSA) is 21.7 Å². The van der Waals surface area contributed by atoms with E-state index in [1.807, 2.05) is 6.07 Å². The largest absolute Gasteiger partial charge is 0.486 e. The third-order valence-corrected chi connectivity index (χ3v) is 3.86. The zero-order valence-corrected chi connectivity index (χ0v) is 13.8. The van der Waals surface area contributed by atoms with E-state index in [2.05, 4.69) is 67.4 Å². The Bertz CT molecular complexity index is 677. The van der Waals surface area contributed by atoms with Crippen molar-refractivity contribution in [3.63, 3.8) is 0 Å². The molecule has 0 saturated carbocycles. The van der Waals surface area contributed by atoms with Gasteiger partial charge in [0.2, 0.25) is 0 Å². The third-order valence-electron chi connectivity index (χ3n) is 3.86. The van der Waals surface area contributed by atoms with Crippen molar-refractivity contribution in [2.24, 2.45) is 0 Å². The van der Waals surface area contributed by atoms with Gasteiger partial charge in [-0.1, -0.05) is 48.0 Å². The number of aryl methyl sites for hydroxylation is 1. The molecule has 1 aliphatic rings. The molecule has 0 fully saturated rings. The van der Waals surface area contributed by atoms with Crippen molar-refractivity contribution in [1.29, 1.82) is 0 Å². The maximum absolute atomic E-state index is 5.64. The molecule has 0 unspecified atom stereocenters. The van der Waals surface area contributed by atoms with E-state index in [0.29, 0.717) is 13.2 Å². The second-order valence-electron chi connectivity index (χ2n) is 5.99. The fraction of sp³-hybridized carbons (Fsp3) is 0.300. The van der Waals surface area contributed by atoms with Crippen LogP contribution in [0.4, 0.5) is 0 Å². The lowest BCUT2D eigenvalue weighted by molar-refractivity contribution is 0.171. The zero-order chi connectivity index (χ0) is 16.1. The Kier molecular flexibility index (Phi) is 4.99. The lowest BCUT2D eigenvalue weighted by atomic mass is 10.1. The summed E-state index contributed by atoms with van der Waals surface area (Å²) in [5.74, 6) is 1.71. The highest BCUT2D eigenvalue weighted by Crippen LogP contribution is 2.30. The van der Waals surface area contributed by atoms with Crippen LogP contribution in [0, 0.1) is 6.92 Å². The number of hydrogen-bond acceptors (Lipinski definition) is 3. The van der Waals surface area contributed by atoms with Crippen LogP contribution in [-0.4, -0.2) is 31.7 Å². The molecule has 1 heterocycles. The highest BCUT2D eigenvalue weighted by atomic mass is 16.6. The van der Waals surface area contributed by atoms with Gasteiger partial charge < -0.3 is 9.47 Å². The van der Waals surface area contributed by atoms with Gasteiger partial charge in [-0.15, -0.1) is 0 Å². The summed E-state index contributed by atoms with van der Waals surface area (Å²) >= 11 is 0. The Labute approximate surface area is 138 Å². The molecule has 3 rings (SSSR count). The molecule has 3 heteroatoms. The smallest absolute Gasteiger partial charge is 0.161 e. The molecule has 0 N–H and O–H groups in total. The van der Waals surface area contributed by atoms with Crippen molar-refractivity contribution in [2.75, 3.05) is 26.8 Å². The fourth-order valence-electron chi connectivity index (χ4n) is 2.61. The van der Waals surface area contributed by atoms with Crippen molar-refractivity contribution in [3.8, 4) is 11.5 Å². The molecular weight excluding hydrogens is 286 g/mol. The van der Waals surface area contributed by atoms with Gasteiger partial charge in [-0.25, -0.2) is 0 Å². The van der Waals surface area contributed by atoms with Crippen LogP contribution in [0.2, 0.25) is 0 Å². The standard InChI is InChI=1S/C20H23NO2/c1-16-5-7-17(8-6-16)4-3-11-21(2)15-18-9-10-19-20(14-18)23-13-12-22-19/h3-10,14H,11-13,15H2,1-2H3. The highest BCUT2D eigenvalue weighted by Gasteiger charge is 2.12. The summed E-state index contributed by atoms with van der Waals surface area (Å²) in [6, 6.07) is 14.7. The van der Waals surface area contributed by atoms with Gasteiger partial charge in [0.05, 0.1) is 0 Å². The van der Waals surface area contributed by atoms with E-state index in [0.717, 1.165) is 24.6 Å². The number of benzene rings is 2. The molecule has 23 heavy (non-hydrogen) atoms. The van der Waals surface area contributed by atoms with Crippen LogP contribution in [-0.2, 0) is 6.54 Å². The Balaban J connectivity index is 1.54. The minimum absolute atomic E-state index is 0.631. The number of hydrogen-bond donors (Lipinski definition) is 0. The van der Waals surface area contributed by atoms with Crippen molar-refractivity contribution in [2.45, 2.75) is 13.5 Å². The van der Waals surface area contributed by atoms with Gasteiger partial charge in [-0.05, 0) is 37.2 Å². The molecule has 120 valence electrons. The van der Waals surface area contributed by atoms with Gasteiger partial charge in [0.1, 0.15) is 13.2 Å². The molecule has 1 aliphatic heterocycles. The number of likely N-dealkylation sites (N-methyl/N-ethyl adjacent to an activating group) is 1. The first-order chi connectivity index (χ1) is 11.2. The highest BCUT2D eigenvalue weighted by molar-refractivity contribution is 5.49. The molecule has 0 atom stereocenters. The molecular formula is C20H23NO2. The lowest BCUT2D eigenvalue weighted by Crippen LogP contribution is -2.19. The van der Waals surface area contributed by atoms with Gasteiger partial charge in [0.25, 0.3) is 0 Å². The van der Waals surface area contributed by atoms with Crippen molar-refractivity contribution in [1.82, 2.24) is 4.90 Å². The Hall–Kier alpha value is -2.26. The van der Waals surface area contributed by atoms with Gasteiger partial charge in [-0.2, -0.15) is 0 Å². The van der Waals surface area contributed by atoms with Crippen LogP contribution in [0.15, 0.2) is 48.5 Å². The molecule has 0 radical (unpaired) electrons. The van der Waals surface area contributed by atoms with Crippen LogP contribution in [0.1, 0.15) is 16.7 Å². The predicted octanol–water partition coefficient (Wildman–Crippen LogP) is 3.91. The molecule has 0 aromatic heterocycles. The first kappa shape index (κ1) is 15.6. The summed E-state index contributed by atoms with van der Waals surface area (Å²) in [6.07, 6.45) is 4.36. The van der Waals surface area contributed by atoms with E-state index in [1.165, 1.54) is 16.7 Å². The van der Waals surface area contributed by atoms with Crippen molar-refractivity contribution < 1.29 is 9.47 Å². The summed E-state index contributed by atoms with van der Waals surface area (Å²) in [5, 5.41) is 0. The molecule has 3 nitrogen and oxygen atoms in total. The van der Waals surface area contributed by atoms with E-state index in [9.17, 15) is 0 Å². The molecule has 2 aromatic rings. The van der Waals surface area contributed by atoms with E-state index in [4.69, 9.17) is 9.47 Å². The van der Waals surface area contributed by atoms with Crippen molar-refractivity contribution in [3.05, 3.63) is 65.2 Å². The van der Waals surface area contributed by atoms with Gasteiger partial charge in [-0.3, -0.25) is 4.90 Å². The molecule has 0 aliphatic carbocycles. The maximum Gasteiger partial charge on any atom is 0.161 e. The monoisotopic (exact) mass is 309 g/mol. The van der Waals surface area contributed by atoms with Crippen LogP contribution in [0.3, 0.4) is 0 Å². The number of ether oxygens (including phenoxy) is 2. The summed E-state index contributed by atoms with van der Waals surface area (Å²) in [7, 11) is 2.12. The van der Waals surface area contributed by atoms with E-state index >= 15 is 0 Å². The molecule has 0 spiro atoms. The van der Waals surface area contributed by atoms with Crippen LogP contribution < -0.4 is 9.47 Å². The Morgan fingerprint density at radius 3 is 2.52 bits per heavy atom. The molecule has 0 bridgehead atoms.